The van der Waals surface area contributed by atoms with E-state index in [-0.39, 0.29) is 11.7 Å². The Morgan fingerprint density at radius 2 is 2.38 bits per heavy atom. The van der Waals surface area contributed by atoms with Crippen LogP contribution in [-0.4, -0.2) is 13.1 Å². The minimum atomic E-state index is -0.167. The third-order valence-corrected chi connectivity index (χ3v) is 2.54. The van der Waals surface area contributed by atoms with Crippen molar-refractivity contribution in [1.82, 2.24) is 5.32 Å². The van der Waals surface area contributed by atoms with Gasteiger partial charge >= 0.3 is 0 Å². The van der Waals surface area contributed by atoms with Gasteiger partial charge in [0.15, 0.2) is 0 Å². The molecule has 0 saturated heterocycles. The summed E-state index contributed by atoms with van der Waals surface area (Å²) in [6.45, 7) is 2.25. The summed E-state index contributed by atoms with van der Waals surface area (Å²) in [5, 5.41) is 3.26. The van der Waals surface area contributed by atoms with Crippen molar-refractivity contribution >= 4 is 0 Å². The van der Waals surface area contributed by atoms with E-state index in [0.717, 1.165) is 18.7 Å². The zero-order valence-corrected chi connectivity index (χ0v) is 7.39. The molecule has 0 bridgehead atoms. The van der Waals surface area contributed by atoms with Crippen LogP contribution in [0.25, 0.3) is 0 Å². The normalized spacial score (nSPS) is 21.2. The molecule has 0 amide bonds. The second kappa shape index (κ2) is 3.44. The standard InChI is InChI=1S/C10H13FN2/c11-9-2-1-7-5-13-6-8(4-12)10(7)3-9/h1-3,8,13H,4-6,12H2. The Bertz CT molecular complexity index is 312. The molecule has 3 heteroatoms. The van der Waals surface area contributed by atoms with Gasteiger partial charge in [-0.2, -0.15) is 0 Å². The third-order valence-electron chi connectivity index (χ3n) is 2.54. The monoisotopic (exact) mass is 180 g/mol. The van der Waals surface area contributed by atoms with Crippen molar-refractivity contribution in [3.63, 3.8) is 0 Å². The highest BCUT2D eigenvalue weighted by molar-refractivity contribution is 5.33. The second-order valence-electron chi connectivity index (χ2n) is 3.41. The molecule has 1 aliphatic rings. The predicted octanol–water partition coefficient (Wildman–Crippen LogP) is 0.971. The number of fused-ring (bicyclic) bond motifs is 1. The van der Waals surface area contributed by atoms with Gasteiger partial charge in [0, 0.05) is 25.6 Å². The summed E-state index contributed by atoms with van der Waals surface area (Å²) < 4.78 is 12.9. The van der Waals surface area contributed by atoms with Crippen molar-refractivity contribution in [2.75, 3.05) is 13.1 Å². The van der Waals surface area contributed by atoms with Crippen LogP contribution >= 0.6 is 0 Å². The van der Waals surface area contributed by atoms with E-state index in [4.69, 9.17) is 5.73 Å². The molecule has 13 heavy (non-hydrogen) atoms. The molecule has 0 aliphatic carbocycles. The number of halogens is 1. The fourth-order valence-corrected chi connectivity index (χ4v) is 1.81. The first kappa shape index (κ1) is 8.66. The van der Waals surface area contributed by atoms with E-state index in [0.29, 0.717) is 6.54 Å². The third kappa shape index (κ3) is 1.57. The van der Waals surface area contributed by atoms with E-state index in [1.807, 2.05) is 6.07 Å². The van der Waals surface area contributed by atoms with E-state index < -0.39 is 0 Å². The van der Waals surface area contributed by atoms with Crippen LogP contribution in [-0.2, 0) is 6.54 Å². The Labute approximate surface area is 76.9 Å². The average molecular weight is 180 g/mol. The topological polar surface area (TPSA) is 38.0 Å². The second-order valence-corrected chi connectivity index (χ2v) is 3.41. The Kier molecular flexibility index (Phi) is 2.29. The van der Waals surface area contributed by atoms with Gasteiger partial charge in [0.25, 0.3) is 0 Å². The lowest BCUT2D eigenvalue weighted by Gasteiger charge is -2.25. The lowest BCUT2D eigenvalue weighted by atomic mass is 9.91. The van der Waals surface area contributed by atoms with Gasteiger partial charge in [-0.05, 0) is 23.3 Å². The first-order chi connectivity index (χ1) is 6.31. The van der Waals surface area contributed by atoms with Crippen LogP contribution in [0.4, 0.5) is 4.39 Å². The average Bonchev–Trinajstić information content (AvgIpc) is 2.17. The maximum Gasteiger partial charge on any atom is 0.123 e. The first-order valence-electron chi connectivity index (χ1n) is 4.50. The smallest absolute Gasteiger partial charge is 0.123 e. The van der Waals surface area contributed by atoms with Crippen molar-refractivity contribution in [1.29, 1.82) is 0 Å². The summed E-state index contributed by atoms with van der Waals surface area (Å²) in [6, 6.07) is 4.94. The largest absolute Gasteiger partial charge is 0.330 e. The van der Waals surface area contributed by atoms with Gasteiger partial charge in [0.2, 0.25) is 0 Å². The minimum Gasteiger partial charge on any atom is -0.330 e. The van der Waals surface area contributed by atoms with Crippen LogP contribution in [0.15, 0.2) is 18.2 Å². The molecule has 1 aromatic rings. The van der Waals surface area contributed by atoms with Crippen molar-refractivity contribution in [2.45, 2.75) is 12.5 Å². The van der Waals surface area contributed by atoms with Gasteiger partial charge in [0.05, 0.1) is 0 Å². The summed E-state index contributed by atoms with van der Waals surface area (Å²) in [5.41, 5.74) is 7.85. The zero-order chi connectivity index (χ0) is 9.26. The highest BCUT2D eigenvalue weighted by Crippen LogP contribution is 2.23. The number of nitrogens with one attached hydrogen (secondary N) is 1. The first-order valence-corrected chi connectivity index (χ1v) is 4.50. The molecule has 1 unspecified atom stereocenters. The molecule has 0 radical (unpaired) electrons. The Morgan fingerprint density at radius 3 is 3.15 bits per heavy atom. The molecule has 0 spiro atoms. The van der Waals surface area contributed by atoms with E-state index in [1.165, 1.54) is 11.6 Å². The minimum absolute atomic E-state index is 0.167. The van der Waals surface area contributed by atoms with Crippen LogP contribution in [0, 0.1) is 5.82 Å². The molecule has 2 nitrogen and oxygen atoms in total. The fourth-order valence-electron chi connectivity index (χ4n) is 1.81. The van der Waals surface area contributed by atoms with E-state index in [9.17, 15) is 4.39 Å². The molecule has 1 aliphatic heterocycles. The molecule has 1 heterocycles. The molecule has 0 fully saturated rings. The van der Waals surface area contributed by atoms with Crippen molar-refractivity contribution < 1.29 is 4.39 Å². The van der Waals surface area contributed by atoms with Crippen molar-refractivity contribution in [3.05, 3.63) is 35.1 Å². The fraction of sp³-hybridized carbons (Fsp3) is 0.400. The van der Waals surface area contributed by atoms with Crippen LogP contribution < -0.4 is 11.1 Å². The Hall–Kier alpha value is -0.930. The van der Waals surface area contributed by atoms with E-state index >= 15 is 0 Å². The lowest BCUT2D eigenvalue weighted by Crippen LogP contribution is -2.32. The number of nitrogens with two attached hydrogens (primary N) is 1. The molecule has 1 aromatic carbocycles. The van der Waals surface area contributed by atoms with Crippen LogP contribution in [0.5, 0.6) is 0 Å². The predicted molar refractivity (Wildman–Crippen MR) is 49.9 cm³/mol. The highest BCUT2D eigenvalue weighted by Gasteiger charge is 2.18. The van der Waals surface area contributed by atoms with Crippen LogP contribution in [0.2, 0.25) is 0 Å². The van der Waals surface area contributed by atoms with Crippen LogP contribution in [0.3, 0.4) is 0 Å². The van der Waals surface area contributed by atoms with Crippen molar-refractivity contribution in [3.8, 4) is 0 Å². The Morgan fingerprint density at radius 1 is 1.54 bits per heavy atom. The summed E-state index contributed by atoms with van der Waals surface area (Å²) in [4.78, 5) is 0. The maximum atomic E-state index is 12.9. The molecule has 3 N–H and O–H groups in total. The summed E-state index contributed by atoms with van der Waals surface area (Å²) in [6.07, 6.45) is 0. The molecular formula is C10H13FN2. The van der Waals surface area contributed by atoms with E-state index in [2.05, 4.69) is 5.32 Å². The SMILES string of the molecule is NCC1CNCc2ccc(F)cc21. The Balaban J connectivity index is 2.41. The van der Waals surface area contributed by atoms with Gasteiger partial charge in [-0.25, -0.2) is 4.39 Å². The molecule has 70 valence electrons. The van der Waals surface area contributed by atoms with Gasteiger partial charge in [0.1, 0.15) is 5.82 Å². The number of rotatable bonds is 1. The number of benzene rings is 1. The number of hydrogen-bond acceptors (Lipinski definition) is 2. The lowest BCUT2D eigenvalue weighted by molar-refractivity contribution is 0.538. The van der Waals surface area contributed by atoms with Gasteiger partial charge in [-0.1, -0.05) is 6.07 Å². The summed E-state index contributed by atoms with van der Waals surface area (Å²) in [5.74, 6) is 0.0959. The van der Waals surface area contributed by atoms with Gasteiger partial charge in [-0.15, -0.1) is 0 Å². The zero-order valence-electron chi connectivity index (χ0n) is 7.39. The van der Waals surface area contributed by atoms with Crippen molar-refractivity contribution in [2.24, 2.45) is 5.73 Å². The number of hydrogen-bond donors (Lipinski definition) is 2. The summed E-state index contributed by atoms with van der Waals surface area (Å²) >= 11 is 0. The summed E-state index contributed by atoms with van der Waals surface area (Å²) in [7, 11) is 0. The van der Waals surface area contributed by atoms with Crippen LogP contribution in [0.1, 0.15) is 17.0 Å². The molecule has 2 rings (SSSR count). The van der Waals surface area contributed by atoms with Gasteiger partial charge in [-0.3, -0.25) is 0 Å². The molecular weight excluding hydrogens is 167 g/mol. The van der Waals surface area contributed by atoms with Gasteiger partial charge < -0.3 is 11.1 Å². The maximum absolute atomic E-state index is 12.9. The molecule has 1 atom stereocenters. The van der Waals surface area contributed by atoms with E-state index in [1.54, 1.807) is 6.07 Å². The molecule has 0 saturated carbocycles. The molecule has 0 aromatic heterocycles. The quantitative estimate of drug-likeness (QED) is 0.676. The highest BCUT2D eigenvalue weighted by atomic mass is 19.1.